The molecule has 0 unspecified atom stereocenters. The first kappa shape index (κ1) is 30.2. The highest BCUT2D eigenvalue weighted by Gasteiger charge is 2.39. The molecule has 2 aliphatic rings. The molecule has 0 bridgehead atoms. The lowest BCUT2D eigenvalue weighted by Crippen LogP contribution is -2.36. The average Bonchev–Trinajstić information content (AvgIpc) is 3.56. The largest absolute Gasteiger partial charge is 0.489 e. The summed E-state index contributed by atoms with van der Waals surface area (Å²) in [6.07, 6.45) is 1.80. The SMILES string of the molecule is Cc1cnc(Nc2cc3c(cc2OC(C)C)CN([C@H]2CN[C@H](C(=O)O)C2)C3=O)nc1Nc1ccccc1S(=O)(=O)C(C)C. The first-order chi connectivity index (χ1) is 20.3. The predicted octanol–water partition coefficient (Wildman–Crippen LogP) is 4.01. The summed E-state index contributed by atoms with van der Waals surface area (Å²) >= 11 is 0. The summed E-state index contributed by atoms with van der Waals surface area (Å²) in [5, 5.41) is 18.1. The zero-order chi connectivity index (χ0) is 31.1. The molecule has 43 heavy (non-hydrogen) atoms. The van der Waals surface area contributed by atoms with Crippen LogP contribution in [0.2, 0.25) is 0 Å². The molecule has 1 amide bonds. The number of hydrogen-bond donors (Lipinski definition) is 4. The number of nitrogens with one attached hydrogen (secondary N) is 3. The average molecular weight is 609 g/mol. The van der Waals surface area contributed by atoms with Crippen LogP contribution >= 0.6 is 0 Å². The van der Waals surface area contributed by atoms with Crippen LogP contribution in [0.25, 0.3) is 0 Å². The molecule has 3 heterocycles. The number of aromatic nitrogens is 2. The number of rotatable bonds is 10. The first-order valence-corrected chi connectivity index (χ1v) is 15.7. The number of fused-ring (bicyclic) bond motifs is 1. The molecule has 5 rings (SSSR count). The summed E-state index contributed by atoms with van der Waals surface area (Å²) in [6.45, 7) is 9.66. The Kier molecular flexibility index (Phi) is 8.30. The van der Waals surface area contributed by atoms with Crippen molar-refractivity contribution in [2.75, 3.05) is 17.2 Å². The monoisotopic (exact) mass is 608 g/mol. The molecule has 2 aliphatic heterocycles. The van der Waals surface area contributed by atoms with Gasteiger partial charge in [-0.15, -0.1) is 0 Å². The number of hydrogen-bond acceptors (Lipinski definition) is 10. The van der Waals surface area contributed by atoms with Crippen LogP contribution in [0.5, 0.6) is 5.75 Å². The summed E-state index contributed by atoms with van der Waals surface area (Å²) < 4.78 is 32.0. The molecule has 1 saturated heterocycles. The number of aryl methyl sites for hydroxylation is 1. The lowest BCUT2D eigenvalue weighted by Gasteiger charge is -2.22. The van der Waals surface area contributed by atoms with Gasteiger partial charge in [-0.1, -0.05) is 12.1 Å². The van der Waals surface area contributed by atoms with Crippen molar-refractivity contribution in [2.24, 2.45) is 0 Å². The fourth-order valence-corrected chi connectivity index (χ4v) is 6.40. The number of para-hydroxylation sites is 1. The van der Waals surface area contributed by atoms with Crippen LogP contribution < -0.4 is 20.7 Å². The third-order valence-corrected chi connectivity index (χ3v) is 9.74. The Hall–Kier alpha value is -4.23. The number of anilines is 4. The molecule has 1 aromatic heterocycles. The van der Waals surface area contributed by atoms with Crippen LogP contribution in [-0.4, -0.2) is 70.3 Å². The zero-order valence-corrected chi connectivity index (χ0v) is 25.5. The van der Waals surface area contributed by atoms with Gasteiger partial charge in [0, 0.05) is 36.5 Å². The lowest BCUT2D eigenvalue weighted by molar-refractivity contribution is -0.139. The highest BCUT2D eigenvalue weighted by atomic mass is 32.2. The summed E-state index contributed by atoms with van der Waals surface area (Å²) in [6, 6.07) is 9.31. The Bertz CT molecular complexity index is 1680. The Morgan fingerprint density at radius 3 is 2.56 bits per heavy atom. The Labute approximate surface area is 250 Å². The second-order valence-corrected chi connectivity index (χ2v) is 13.8. The third kappa shape index (κ3) is 6.13. The van der Waals surface area contributed by atoms with Gasteiger partial charge in [0.25, 0.3) is 5.91 Å². The Balaban J connectivity index is 1.44. The molecule has 2 aromatic carbocycles. The summed E-state index contributed by atoms with van der Waals surface area (Å²) in [5.74, 6) is 0.0473. The van der Waals surface area contributed by atoms with Gasteiger partial charge in [0.1, 0.15) is 17.6 Å². The van der Waals surface area contributed by atoms with Crippen LogP contribution in [0.15, 0.2) is 47.5 Å². The van der Waals surface area contributed by atoms with E-state index in [-0.39, 0.29) is 28.9 Å². The van der Waals surface area contributed by atoms with E-state index in [1.165, 1.54) is 0 Å². The van der Waals surface area contributed by atoms with Crippen LogP contribution in [0.1, 0.15) is 55.6 Å². The second-order valence-electron chi connectivity index (χ2n) is 11.4. The maximum absolute atomic E-state index is 13.5. The van der Waals surface area contributed by atoms with E-state index >= 15 is 0 Å². The molecule has 4 N–H and O–H groups in total. The lowest BCUT2D eigenvalue weighted by atomic mass is 10.1. The molecule has 0 aliphatic carbocycles. The minimum absolute atomic E-state index is 0.155. The van der Waals surface area contributed by atoms with E-state index in [9.17, 15) is 23.1 Å². The standard InChI is InChI=1S/C30H36N6O6S/c1-16(2)42-25-10-19-15-36(20-11-24(29(38)39)31-14-20)28(37)21(19)12-23(25)34-30-32-13-18(5)27(35-30)33-22-8-6-7-9-26(22)43(40,41)17(3)4/h6-10,12-13,16-17,20,24,31H,11,14-15H2,1-5H3,(H,38,39)(H2,32,33,34,35)/t20-,24+/m1/s1. The number of carboxylic acids is 1. The van der Waals surface area contributed by atoms with Crippen molar-refractivity contribution in [1.29, 1.82) is 0 Å². The number of carbonyl (C=O) groups is 2. The van der Waals surface area contributed by atoms with Crippen molar-refractivity contribution in [2.45, 2.75) is 75.9 Å². The van der Waals surface area contributed by atoms with E-state index in [2.05, 4.69) is 25.9 Å². The van der Waals surface area contributed by atoms with Crippen molar-refractivity contribution in [3.8, 4) is 5.75 Å². The Morgan fingerprint density at radius 1 is 1.14 bits per heavy atom. The van der Waals surface area contributed by atoms with Crippen LogP contribution in [-0.2, 0) is 21.2 Å². The first-order valence-electron chi connectivity index (χ1n) is 14.2. The van der Waals surface area contributed by atoms with E-state index in [0.29, 0.717) is 53.6 Å². The number of carbonyl (C=O) groups excluding carboxylic acids is 1. The molecule has 13 heteroatoms. The van der Waals surface area contributed by atoms with Crippen molar-refractivity contribution >= 4 is 44.9 Å². The van der Waals surface area contributed by atoms with Crippen LogP contribution in [0, 0.1) is 6.92 Å². The molecule has 3 aromatic rings. The van der Waals surface area contributed by atoms with E-state index in [1.807, 2.05) is 26.8 Å². The summed E-state index contributed by atoms with van der Waals surface area (Å²) in [5.41, 5.74) is 2.89. The molecule has 2 atom stereocenters. The minimum atomic E-state index is -3.55. The summed E-state index contributed by atoms with van der Waals surface area (Å²) in [7, 11) is -3.55. The highest BCUT2D eigenvalue weighted by molar-refractivity contribution is 7.92. The van der Waals surface area contributed by atoms with E-state index < -0.39 is 27.1 Å². The smallest absolute Gasteiger partial charge is 0.320 e. The van der Waals surface area contributed by atoms with Crippen LogP contribution in [0.3, 0.4) is 0 Å². The van der Waals surface area contributed by atoms with Crippen molar-refractivity contribution in [1.82, 2.24) is 20.2 Å². The quantitative estimate of drug-likeness (QED) is 0.263. The van der Waals surface area contributed by atoms with Gasteiger partial charge < -0.3 is 30.7 Å². The van der Waals surface area contributed by atoms with Gasteiger partial charge in [0.05, 0.1) is 27.6 Å². The molecular formula is C30H36N6O6S. The molecule has 0 spiro atoms. The molecular weight excluding hydrogens is 572 g/mol. The van der Waals surface area contributed by atoms with Gasteiger partial charge in [0.15, 0.2) is 9.84 Å². The normalized spacial score (nSPS) is 18.3. The molecule has 1 fully saturated rings. The van der Waals surface area contributed by atoms with Crippen molar-refractivity contribution in [3.63, 3.8) is 0 Å². The van der Waals surface area contributed by atoms with Gasteiger partial charge in [-0.3, -0.25) is 9.59 Å². The highest BCUT2D eigenvalue weighted by Crippen LogP contribution is 2.37. The third-order valence-electron chi connectivity index (χ3n) is 7.53. The zero-order valence-electron chi connectivity index (χ0n) is 24.7. The maximum Gasteiger partial charge on any atom is 0.320 e. The molecule has 0 saturated carbocycles. The van der Waals surface area contributed by atoms with Gasteiger partial charge in [0.2, 0.25) is 5.95 Å². The topological polar surface area (TPSA) is 163 Å². The van der Waals surface area contributed by atoms with Gasteiger partial charge >= 0.3 is 5.97 Å². The number of nitrogens with zero attached hydrogens (tertiary/aromatic N) is 3. The maximum atomic E-state index is 13.5. The summed E-state index contributed by atoms with van der Waals surface area (Å²) in [4.78, 5) is 35.8. The molecule has 12 nitrogen and oxygen atoms in total. The minimum Gasteiger partial charge on any atom is -0.489 e. The molecule has 228 valence electrons. The number of benzene rings is 2. The van der Waals surface area contributed by atoms with Crippen LogP contribution in [0.4, 0.5) is 23.1 Å². The van der Waals surface area contributed by atoms with Gasteiger partial charge in [-0.05, 0) is 70.9 Å². The number of carboxylic acid groups (broad SMARTS) is 1. The van der Waals surface area contributed by atoms with E-state index in [1.54, 1.807) is 55.3 Å². The molecule has 0 radical (unpaired) electrons. The fraction of sp³-hybridized carbons (Fsp3) is 0.400. The van der Waals surface area contributed by atoms with Crippen molar-refractivity contribution < 1.29 is 27.9 Å². The van der Waals surface area contributed by atoms with Gasteiger partial charge in [-0.25, -0.2) is 13.4 Å². The van der Waals surface area contributed by atoms with Crippen molar-refractivity contribution in [3.05, 3.63) is 59.3 Å². The second kappa shape index (κ2) is 11.8. The fourth-order valence-electron chi connectivity index (χ4n) is 5.20. The number of amides is 1. The van der Waals surface area contributed by atoms with E-state index in [0.717, 1.165) is 5.56 Å². The van der Waals surface area contributed by atoms with Gasteiger partial charge in [-0.2, -0.15) is 4.98 Å². The van der Waals surface area contributed by atoms with E-state index in [4.69, 9.17) is 4.74 Å². The number of ether oxygens (including phenoxy) is 1. The number of aliphatic carboxylic acids is 1. The Morgan fingerprint density at radius 2 is 1.88 bits per heavy atom. The predicted molar refractivity (Wildman–Crippen MR) is 162 cm³/mol. The number of sulfone groups is 1.